The summed E-state index contributed by atoms with van der Waals surface area (Å²) in [5.74, 6) is -0.141. The molecule has 2 N–H and O–H groups in total. The van der Waals surface area contributed by atoms with Crippen molar-refractivity contribution < 1.29 is 14.7 Å². The lowest BCUT2D eigenvalue weighted by Crippen LogP contribution is -2.41. The van der Waals surface area contributed by atoms with E-state index < -0.39 is 12.0 Å². The van der Waals surface area contributed by atoms with E-state index in [1.165, 1.54) is 40.0 Å². The van der Waals surface area contributed by atoms with Gasteiger partial charge in [0, 0.05) is 18.4 Å². The average Bonchev–Trinajstić information content (AvgIpc) is 2.34. The highest BCUT2D eigenvalue weighted by Gasteiger charge is 2.18. The summed E-state index contributed by atoms with van der Waals surface area (Å²) in [5.41, 5.74) is 5.07. The number of carbonyl (C=O) groups is 2. The first kappa shape index (κ1) is 17.9. The average molecular weight is 327 g/mol. The van der Waals surface area contributed by atoms with Crippen molar-refractivity contribution in [1.82, 2.24) is 5.32 Å². The third-order valence-electron chi connectivity index (χ3n) is 3.04. The molecule has 0 radical (unpaired) electrons. The standard InChI is InChI=1S/C15H21NO3S2/c1-9-5-10(2)13(11(3)6-9)7-20-21-8-14(15(18)19)16-12(4)17/h5-6,14H,7-8H2,1-4H3,(H,16,17)(H,18,19)/t14-/m0/s1. The molecule has 0 spiro atoms. The fourth-order valence-electron chi connectivity index (χ4n) is 2.07. The molecule has 1 amide bonds. The van der Waals surface area contributed by atoms with E-state index in [-0.39, 0.29) is 5.91 Å². The van der Waals surface area contributed by atoms with Gasteiger partial charge >= 0.3 is 5.97 Å². The first-order chi connectivity index (χ1) is 9.81. The van der Waals surface area contributed by atoms with Crippen LogP contribution in [0.15, 0.2) is 12.1 Å². The Labute approximate surface area is 133 Å². The molecule has 21 heavy (non-hydrogen) atoms. The van der Waals surface area contributed by atoms with E-state index in [0.29, 0.717) is 5.75 Å². The van der Waals surface area contributed by atoms with Gasteiger partial charge in [0.15, 0.2) is 0 Å². The number of carboxylic acids is 1. The van der Waals surface area contributed by atoms with Crippen LogP contribution in [0.2, 0.25) is 0 Å². The van der Waals surface area contributed by atoms with Gasteiger partial charge in [0.1, 0.15) is 6.04 Å². The molecule has 0 heterocycles. The summed E-state index contributed by atoms with van der Waals surface area (Å²) in [6.45, 7) is 7.60. The predicted octanol–water partition coefficient (Wildman–Crippen LogP) is 3.08. The smallest absolute Gasteiger partial charge is 0.327 e. The molecule has 0 aliphatic rings. The number of aliphatic carboxylic acids is 1. The summed E-state index contributed by atoms with van der Waals surface area (Å²) in [7, 11) is 3.08. The van der Waals surface area contributed by atoms with Crippen LogP contribution in [0, 0.1) is 20.8 Å². The van der Waals surface area contributed by atoms with Crippen LogP contribution in [-0.2, 0) is 15.3 Å². The van der Waals surface area contributed by atoms with Crippen LogP contribution in [0.5, 0.6) is 0 Å². The second-order valence-electron chi connectivity index (χ2n) is 5.02. The maximum absolute atomic E-state index is 11.0. The minimum atomic E-state index is -0.999. The minimum absolute atomic E-state index is 0.321. The molecule has 0 aliphatic heterocycles. The van der Waals surface area contributed by atoms with Crippen LogP contribution in [0.1, 0.15) is 29.2 Å². The molecule has 1 atom stereocenters. The molecule has 0 aliphatic carbocycles. The Morgan fingerprint density at radius 2 is 1.76 bits per heavy atom. The van der Waals surface area contributed by atoms with Crippen LogP contribution < -0.4 is 5.32 Å². The first-order valence-electron chi connectivity index (χ1n) is 6.62. The maximum Gasteiger partial charge on any atom is 0.327 e. The van der Waals surface area contributed by atoms with E-state index in [0.717, 1.165) is 5.75 Å². The van der Waals surface area contributed by atoms with Gasteiger partial charge in [-0.3, -0.25) is 4.79 Å². The van der Waals surface area contributed by atoms with Crippen LogP contribution >= 0.6 is 21.6 Å². The van der Waals surface area contributed by atoms with Crippen LogP contribution in [0.3, 0.4) is 0 Å². The van der Waals surface area contributed by atoms with Gasteiger partial charge in [0.05, 0.1) is 0 Å². The summed E-state index contributed by atoms with van der Waals surface area (Å²) in [6, 6.07) is 3.48. The molecule has 4 nitrogen and oxygen atoms in total. The van der Waals surface area contributed by atoms with Crippen LogP contribution in [0.4, 0.5) is 0 Å². The Morgan fingerprint density at radius 1 is 1.19 bits per heavy atom. The van der Waals surface area contributed by atoms with Crippen molar-refractivity contribution in [3.05, 3.63) is 34.4 Å². The van der Waals surface area contributed by atoms with Gasteiger partial charge in [-0.15, -0.1) is 0 Å². The van der Waals surface area contributed by atoms with Crippen LogP contribution in [-0.4, -0.2) is 28.8 Å². The Hall–Kier alpha value is -1.14. The van der Waals surface area contributed by atoms with Gasteiger partial charge in [-0.2, -0.15) is 0 Å². The zero-order valence-electron chi connectivity index (χ0n) is 12.7. The molecule has 6 heteroatoms. The normalized spacial score (nSPS) is 12.0. The quantitative estimate of drug-likeness (QED) is 0.595. The molecule has 1 aromatic carbocycles. The zero-order chi connectivity index (χ0) is 16.0. The Bertz CT molecular complexity index is 509. The number of carboxylic acid groups (broad SMARTS) is 1. The highest BCUT2D eigenvalue weighted by Crippen LogP contribution is 2.30. The monoisotopic (exact) mass is 327 g/mol. The number of nitrogens with one attached hydrogen (secondary N) is 1. The van der Waals surface area contributed by atoms with Crippen molar-refractivity contribution in [3.8, 4) is 0 Å². The molecule has 0 fully saturated rings. The molecule has 0 bridgehead atoms. The number of hydrogen-bond donors (Lipinski definition) is 2. The topological polar surface area (TPSA) is 66.4 Å². The molecule has 0 saturated carbocycles. The SMILES string of the molecule is CC(=O)N[C@@H](CSSCc1c(C)cc(C)cc1C)C(=O)O. The summed E-state index contributed by atoms with van der Waals surface area (Å²) in [5, 5.41) is 11.5. The van der Waals surface area contributed by atoms with Gasteiger partial charge in [-0.05, 0) is 37.5 Å². The van der Waals surface area contributed by atoms with Crippen LogP contribution in [0.25, 0.3) is 0 Å². The lowest BCUT2D eigenvalue weighted by molar-refractivity contribution is -0.140. The van der Waals surface area contributed by atoms with E-state index in [1.54, 1.807) is 10.8 Å². The molecule has 0 aromatic heterocycles. The second-order valence-corrected chi connectivity index (χ2v) is 7.52. The van der Waals surface area contributed by atoms with Gasteiger partial charge in [-0.25, -0.2) is 4.79 Å². The summed E-state index contributed by atoms with van der Waals surface area (Å²) in [6.07, 6.45) is 0. The third-order valence-corrected chi connectivity index (χ3v) is 5.34. The van der Waals surface area contributed by atoms with Gasteiger partial charge < -0.3 is 10.4 Å². The number of rotatable bonds is 7. The Kier molecular flexibility index (Phi) is 7.11. The summed E-state index contributed by atoms with van der Waals surface area (Å²) in [4.78, 5) is 22.0. The van der Waals surface area contributed by atoms with Crippen molar-refractivity contribution in [2.24, 2.45) is 0 Å². The molecule has 1 aromatic rings. The van der Waals surface area contributed by atoms with Crippen molar-refractivity contribution in [1.29, 1.82) is 0 Å². The van der Waals surface area contributed by atoms with Gasteiger partial charge in [0.25, 0.3) is 0 Å². The highest BCUT2D eigenvalue weighted by molar-refractivity contribution is 8.76. The van der Waals surface area contributed by atoms with E-state index in [4.69, 9.17) is 5.11 Å². The first-order valence-corrected chi connectivity index (χ1v) is 9.11. The molecule has 0 saturated heterocycles. The van der Waals surface area contributed by atoms with E-state index in [1.807, 2.05) is 0 Å². The third kappa shape index (κ3) is 6.01. The highest BCUT2D eigenvalue weighted by atomic mass is 33.1. The molecular weight excluding hydrogens is 306 g/mol. The predicted molar refractivity (Wildman–Crippen MR) is 89.6 cm³/mol. The molecule has 0 unspecified atom stereocenters. The zero-order valence-corrected chi connectivity index (χ0v) is 14.4. The number of hydrogen-bond acceptors (Lipinski definition) is 4. The fraction of sp³-hybridized carbons (Fsp3) is 0.467. The van der Waals surface area contributed by atoms with E-state index >= 15 is 0 Å². The van der Waals surface area contributed by atoms with Crippen molar-refractivity contribution in [3.63, 3.8) is 0 Å². The molecule has 116 valence electrons. The molecule has 1 rings (SSSR count). The Balaban J connectivity index is 2.50. The minimum Gasteiger partial charge on any atom is -0.480 e. The largest absolute Gasteiger partial charge is 0.480 e. The summed E-state index contributed by atoms with van der Waals surface area (Å²) < 4.78 is 0. The van der Waals surface area contributed by atoms with Crippen molar-refractivity contribution in [2.45, 2.75) is 39.5 Å². The van der Waals surface area contributed by atoms with Crippen molar-refractivity contribution >= 4 is 33.5 Å². The fourth-order valence-corrected chi connectivity index (χ4v) is 4.49. The van der Waals surface area contributed by atoms with Crippen molar-refractivity contribution in [2.75, 3.05) is 5.75 Å². The Morgan fingerprint density at radius 3 is 2.24 bits per heavy atom. The number of amides is 1. The lowest BCUT2D eigenvalue weighted by Gasteiger charge is -2.13. The van der Waals surface area contributed by atoms with E-state index in [9.17, 15) is 9.59 Å². The number of benzene rings is 1. The maximum atomic E-state index is 11.0. The number of aryl methyl sites for hydroxylation is 3. The second kappa shape index (κ2) is 8.34. The lowest BCUT2D eigenvalue weighted by atomic mass is 10.0. The number of carbonyl (C=O) groups excluding carboxylic acids is 1. The van der Waals surface area contributed by atoms with Gasteiger partial charge in [0.2, 0.25) is 5.91 Å². The summed E-state index contributed by atoms with van der Waals surface area (Å²) >= 11 is 0. The van der Waals surface area contributed by atoms with E-state index in [2.05, 4.69) is 38.2 Å². The van der Waals surface area contributed by atoms with Gasteiger partial charge in [-0.1, -0.05) is 39.3 Å². The molecular formula is C15H21NO3S2.